The second-order valence-electron chi connectivity index (χ2n) is 7.72. The summed E-state index contributed by atoms with van der Waals surface area (Å²) in [4.78, 5) is 0. The van der Waals surface area contributed by atoms with Crippen LogP contribution in [-0.4, -0.2) is 17.8 Å². The zero-order valence-electron chi connectivity index (χ0n) is 15.4. The van der Waals surface area contributed by atoms with Gasteiger partial charge in [0, 0.05) is 5.41 Å². The number of allylic oxidation sites excluding steroid dienone is 1. The largest absolute Gasteiger partial charge is 0.498 e. The van der Waals surface area contributed by atoms with Crippen LogP contribution >= 0.6 is 0 Å². The molecule has 1 aliphatic rings. The molecule has 0 bridgehead atoms. The van der Waals surface area contributed by atoms with Crippen LogP contribution in [0, 0.1) is 17.3 Å². The van der Waals surface area contributed by atoms with Crippen molar-refractivity contribution in [2.45, 2.75) is 91.6 Å². The molecule has 130 valence electrons. The molecular formula is C20H38O2. The van der Waals surface area contributed by atoms with Crippen molar-refractivity contribution in [3.8, 4) is 0 Å². The number of hydrogen-bond acceptors (Lipinski definition) is 2. The summed E-state index contributed by atoms with van der Waals surface area (Å²) in [5.74, 6) is 1.85. The van der Waals surface area contributed by atoms with E-state index in [0.717, 1.165) is 31.4 Å². The van der Waals surface area contributed by atoms with Crippen LogP contribution in [0.25, 0.3) is 0 Å². The van der Waals surface area contributed by atoms with E-state index in [1.54, 1.807) is 0 Å². The zero-order valence-corrected chi connectivity index (χ0v) is 15.4. The third-order valence-electron chi connectivity index (χ3n) is 5.49. The summed E-state index contributed by atoms with van der Waals surface area (Å²) in [6.07, 6.45) is 10.7. The highest BCUT2D eigenvalue weighted by atomic mass is 16.5. The molecule has 1 saturated carbocycles. The number of aliphatic hydroxyl groups excluding tert-OH is 1. The van der Waals surface area contributed by atoms with Gasteiger partial charge in [-0.05, 0) is 50.9 Å². The lowest BCUT2D eigenvalue weighted by molar-refractivity contribution is 0.0202. The maximum absolute atomic E-state index is 10.8. The van der Waals surface area contributed by atoms with E-state index in [1.807, 2.05) is 6.92 Å². The maximum atomic E-state index is 10.8. The molecule has 0 spiro atoms. The maximum Gasteiger partial charge on any atom is 0.0944 e. The topological polar surface area (TPSA) is 29.5 Å². The highest BCUT2D eigenvalue weighted by Gasteiger charge is 2.31. The average molecular weight is 311 g/mol. The lowest BCUT2D eigenvalue weighted by Gasteiger charge is -2.34. The molecule has 0 aromatic rings. The number of hydrogen-bond donors (Lipinski definition) is 1. The SMILES string of the molecule is C=C(OCC)C(C)(C)CCC(CCC)C(O)C1CCCCC1. The Kier molecular flexibility index (Phi) is 8.53. The first-order valence-corrected chi connectivity index (χ1v) is 9.42. The van der Waals surface area contributed by atoms with E-state index in [2.05, 4.69) is 27.4 Å². The van der Waals surface area contributed by atoms with Crippen LogP contribution in [0.3, 0.4) is 0 Å². The Balaban J connectivity index is 2.57. The van der Waals surface area contributed by atoms with Gasteiger partial charge in [-0.1, -0.05) is 53.0 Å². The normalized spacial score (nSPS) is 19.7. The summed E-state index contributed by atoms with van der Waals surface area (Å²) in [6, 6.07) is 0. The van der Waals surface area contributed by atoms with Crippen LogP contribution in [0.2, 0.25) is 0 Å². The molecule has 0 heterocycles. The minimum absolute atomic E-state index is 0.00567. The van der Waals surface area contributed by atoms with Crippen molar-refractivity contribution in [2.24, 2.45) is 17.3 Å². The molecule has 0 aromatic heterocycles. The Morgan fingerprint density at radius 3 is 2.36 bits per heavy atom. The van der Waals surface area contributed by atoms with Gasteiger partial charge in [0.2, 0.25) is 0 Å². The summed E-state index contributed by atoms with van der Waals surface area (Å²) >= 11 is 0. The molecule has 0 aromatic carbocycles. The predicted octanol–water partition coefficient (Wildman–Crippen LogP) is 5.70. The van der Waals surface area contributed by atoms with Crippen LogP contribution in [0.4, 0.5) is 0 Å². The predicted molar refractivity (Wildman–Crippen MR) is 94.8 cm³/mol. The van der Waals surface area contributed by atoms with Crippen molar-refractivity contribution in [1.82, 2.24) is 0 Å². The Labute approximate surface area is 138 Å². The molecule has 2 heteroatoms. The first kappa shape index (κ1) is 19.5. The van der Waals surface area contributed by atoms with Gasteiger partial charge >= 0.3 is 0 Å². The third kappa shape index (κ3) is 5.95. The Bertz CT molecular complexity index is 316. The average Bonchev–Trinajstić information content (AvgIpc) is 2.52. The first-order valence-electron chi connectivity index (χ1n) is 9.42. The molecule has 22 heavy (non-hydrogen) atoms. The molecule has 0 amide bonds. The molecule has 0 radical (unpaired) electrons. The summed E-state index contributed by atoms with van der Waals surface area (Å²) in [6.45, 7) is 13.4. The van der Waals surface area contributed by atoms with E-state index < -0.39 is 0 Å². The number of aliphatic hydroxyl groups is 1. The number of rotatable bonds is 10. The van der Waals surface area contributed by atoms with Gasteiger partial charge in [0.15, 0.2) is 0 Å². The summed E-state index contributed by atoms with van der Waals surface area (Å²) < 4.78 is 5.62. The summed E-state index contributed by atoms with van der Waals surface area (Å²) in [5.41, 5.74) is -0.00567. The Morgan fingerprint density at radius 2 is 1.82 bits per heavy atom. The van der Waals surface area contributed by atoms with Crippen LogP contribution in [0.1, 0.15) is 85.5 Å². The van der Waals surface area contributed by atoms with Crippen molar-refractivity contribution < 1.29 is 9.84 Å². The lowest BCUT2D eigenvalue weighted by Crippen LogP contribution is -2.32. The van der Waals surface area contributed by atoms with Crippen LogP contribution in [0.15, 0.2) is 12.3 Å². The molecule has 1 aliphatic carbocycles. The second kappa shape index (κ2) is 9.60. The van der Waals surface area contributed by atoms with E-state index in [9.17, 15) is 5.11 Å². The van der Waals surface area contributed by atoms with E-state index in [4.69, 9.17) is 4.74 Å². The van der Waals surface area contributed by atoms with E-state index >= 15 is 0 Å². The van der Waals surface area contributed by atoms with Crippen molar-refractivity contribution in [3.05, 3.63) is 12.3 Å². The minimum Gasteiger partial charge on any atom is -0.498 e. The van der Waals surface area contributed by atoms with Crippen LogP contribution < -0.4 is 0 Å². The Hall–Kier alpha value is -0.500. The fraction of sp³-hybridized carbons (Fsp3) is 0.900. The highest BCUT2D eigenvalue weighted by Crippen LogP contribution is 2.37. The molecule has 2 unspecified atom stereocenters. The van der Waals surface area contributed by atoms with Crippen LogP contribution in [0.5, 0.6) is 0 Å². The van der Waals surface area contributed by atoms with Gasteiger partial charge < -0.3 is 9.84 Å². The van der Waals surface area contributed by atoms with E-state index in [-0.39, 0.29) is 11.5 Å². The van der Waals surface area contributed by atoms with Crippen molar-refractivity contribution in [1.29, 1.82) is 0 Å². The minimum atomic E-state index is -0.114. The molecule has 0 aliphatic heterocycles. The molecule has 1 rings (SSSR count). The van der Waals surface area contributed by atoms with Gasteiger partial charge in [0.1, 0.15) is 0 Å². The molecule has 2 nitrogen and oxygen atoms in total. The van der Waals surface area contributed by atoms with Gasteiger partial charge in [-0.2, -0.15) is 0 Å². The first-order chi connectivity index (χ1) is 10.4. The molecule has 1 fully saturated rings. The van der Waals surface area contributed by atoms with Crippen molar-refractivity contribution >= 4 is 0 Å². The lowest BCUT2D eigenvalue weighted by atomic mass is 9.75. The Morgan fingerprint density at radius 1 is 1.18 bits per heavy atom. The van der Waals surface area contributed by atoms with E-state index in [1.165, 1.54) is 32.1 Å². The standard InChI is InChI=1S/C20H38O2/c1-6-11-17(19(21)18-12-9-8-10-13-18)14-15-20(4,5)16(3)22-7-2/h17-19,21H,3,6-15H2,1-2,4-5H3. The smallest absolute Gasteiger partial charge is 0.0944 e. The van der Waals surface area contributed by atoms with E-state index in [0.29, 0.717) is 18.4 Å². The van der Waals surface area contributed by atoms with Gasteiger partial charge in [-0.15, -0.1) is 0 Å². The van der Waals surface area contributed by atoms with Gasteiger partial charge in [0.25, 0.3) is 0 Å². The third-order valence-corrected chi connectivity index (χ3v) is 5.49. The fourth-order valence-corrected chi connectivity index (χ4v) is 3.77. The molecule has 2 atom stereocenters. The van der Waals surface area contributed by atoms with Crippen LogP contribution in [-0.2, 0) is 4.74 Å². The monoisotopic (exact) mass is 310 g/mol. The molecule has 1 N–H and O–H groups in total. The van der Waals surface area contributed by atoms with Gasteiger partial charge in [0.05, 0.1) is 18.5 Å². The quantitative estimate of drug-likeness (QED) is 0.524. The number of ether oxygens (including phenoxy) is 1. The second-order valence-corrected chi connectivity index (χ2v) is 7.72. The molecular weight excluding hydrogens is 272 g/mol. The van der Waals surface area contributed by atoms with Crippen molar-refractivity contribution in [3.63, 3.8) is 0 Å². The summed E-state index contributed by atoms with van der Waals surface area (Å²) in [5, 5.41) is 10.8. The zero-order chi connectivity index (χ0) is 16.6. The highest BCUT2D eigenvalue weighted by molar-refractivity contribution is 4.99. The van der Waals surface area contributed by atoms with Crippen molar-refractivity contribution in [2.75, 3.05) is 6.61 Å². The van der Waals surface area contributed by atoms with Gasteiger partial charge in [-0.3, -0.25) is 0 Å². The molecule has 0 saturated heterocycles. The summed E-state index contributed by atoms with van der Waals surface area (Å²) in [7, 11) is 0. The van der Waals surface area contributed by atoms with Gasteiger partial charge in [-0.25, -0.2) is 0 Å². The fourth-order valence-electron chi connectivity index (χ4n) is 3.77.